The van der Waals surface area contributed by atoms with E-state index in [4.69, 9.17) is 13.9 Å². The summed E-state index contributed by atoms with van der Waals surface area (Å²) in [5.74, 6) is 1.69. The summed E-state index contributed by atoms with van der Waals surface area (Å²) in [7, 11) is 0. The lowest BCUT2D eigenvalue weighted by atomic mass is 9.88. The van der Waals surface area contributed by atoms with Crippen LogP contribution in [0.25, 0.3) is 11.0 Å². The molecular weight excluding hydrogens is 492 g/mol. The van der Waals surface area contributed by atoms with E-state index < -0.39 is 5.63 Å². The van der Waals surface area contributed by atoms with Gasteiger partial charge in [0.15, 0.2) is 0 Å². The Morgan fingerprint density at radius 2 is 1.67 bits per heavy atom. The number of aromatic nitrogens is 1. The molecule has 2 fully saturated rings. The van der Waals surface area contributed by atoms with Crippen molar-refractivity contribution in [2.24, 2.45) is 5.10 Å². The first kappa shape index (κ1) is 27.0. The number of pyridine rings is 1. The molecule has 208 valence electrons. The highest BCUT2D eigenvalue weighted by Crippen LogP contribution is 2.37. The molecule has 8 nitrogen and oxygen atoms in total. The van der Waals surface area contributed by atoms with Gasteiger partial charge in [-0.25, -0.2) is 9.78 Å². The predicted molar refractivity (Wildman–Crippen MR) is 157 cm³/mol. The van der Waals surface area contributed by atoms with E-state index in [1.54, 1.807) is 18.3 Å². The smallest absolute Gasteiger partial charge is 0.349 e. The number of rotatable bonds is 10. The second-order valence-corrected chi connectivity index (χ2v) is 10.4. The SMILES string of the molecule is CCOc1ccnc(N/N=C/c2c(OCC)c3ccc(N(C4CCCCC4)C4CCCCC4)cc3oc2=O)c1. The molecular formula is C31H40N4O4. The third-order valence-corrected chi connectivity index (χ3v) is 7.82. The van der Waals surface area contributed by atoms with Gasteiger partial charge in [-0.3, -0.25) is 5.43 Å². The average Bonchev–Trinajstić information content (AvgIpc) is 2.96. The molecule has 0 aliphatic heterocycles. The maximum Gasteiger partial charge on any atom is 0.349 e. The van der Waals surface area contributed by atoms with Gasteiger partial charge >= 0.3 is 5.63 Å². The van der Waals surface area contributed by atoms with Crippen molar-refractivity contribution in [2.45, 2.75) is 90.1 Å². The number of anilines is 2. The van der Waals surface area contributed by atoms with Crippen LogP contribution in [-0.4, -0.2) is 36.5 Å². The molecule has 39 heavy (non-hydrogen) atoms. The minimum absolute atomic E-state index is 0.266. The number of fused-ring (bicyclic) bond motifs is 1. The summed E-state index contributed by atoms with van der Waals surface area (Å²) in [4.78, 5) is 20.1. The van der Waals surface area contributed by atoms with Gasteiger partial charge in [-0.1, -0.05) is 38.5 Å². The molecule has 0 atom stereocenters. The van der Waals surface area contributed by atoms with Crippen LogP contribution in [0.3, 0.4) is 0 Å². The number of nitrogens with zero attached hydrogens (tertiary/aromatic N) is 3. The Kier molecular flexibility index (Phi) is 9.01. The Balaban J connectivity index is 1.46. The van der Waals surface area contributed by atoms with E-state index in [1.807, 2.05) is 26.0 Å². The molecule has 1 aromatic carbocycles. The first-order valence-electron chi connectivity index (χ1n) is 14.6. The Morgan fingerprint density at radius 3 is 2.33 bits per heavy atom. The lowest BCUT2D eigenvalue weighted by Gasteiger charge is -2.43. The minimum Gasteiger partial charge on any atom is -0.494 e. The van der Waals surface area contributed by atoms with Crippen molar-refractivity contribution >= 4 is 28.7 Å². The molecule has 0 spiro atoms. The molecule has 0 unspecified atom stereocenters. The summed E-state index contributed by atoms with van der Waals surface area (Å²) in [5, 5.41) is 5.02. The zero-order valence-electron chi connectivity index (χ0n) is 23.2. The van der Waals surface area contributed by atoms with Crippen LogP contribution >= 0.6 is 0 Å². The normalized spacial score (nSPS) is 17.0. The molecule has 0 radical (unpaired) electrons. The van der Waals surface area contributed by atoms with Crippen LogP contribution in [0, 0.1) is 0 Å². The summed E-state index contributed by atoms with van der Waals surface area (Å²) in [5.41, 5.74) is 4.35. The van der Waals surface area contributed by atoms with E-state index in [0.717, 1.165) is 11.1 Å². The first-order chi connectivity index (χ1) is 19.2. The standard InChI is InChI=1S/C31H40N4O4/c1-3-37-25-17-18-32-29(20-25)34-33-21-27-30(38-4-2)26-16-15-24(19-28(26)39-31(27)36)35(22-11-7-5-8-12-22)23-13-9-6-10-14-23/h15-23H,3-14H2,1-2H3,(H,32,34)/b33-21+. The second-order valence-electron chi connectivity index (χ2n) is 10.4. The number of hydrogen-bond donors (Lipinski definition) is 1. The number of hydrazone groups is 1. The zero-order chi connectivity index (χ0) is 27.0. The van der Waals surface area contributed by atoms with Gasteiger partial charge in [0.2, 0.25) is 0 Å². The lowest BCUT2D eigenvalue weighted by Crippen LogP contribution is -2.45. The molecule has 1 N–H and O–H groups in total. The van der Waals surface area contributed by atoms with Crippen LogP contribution in [-0.2, 0) is 0 Å². The molecule has 0 bridgehead atoms. The topological polar surface area (TPSA) is 89.2 Å². The third-order valence-electron chi connectivity index (χ3n) is 7.82. The molecule has 2 aromatic heterocycles. The Morgan fingerprint density at radius 1 is 0.974 bits per heavy atom. The molecule has 8 heteroatoms. The quantitative estimate of drug-likeness (QED) is 0.172. The van der Waals surface area contributed by atoms with E-state index in [-0.39, 0.29) is 5.56 Å². The van der Waals surface area contributed by atoms with Gasteiger partial charge in [0.25, 0.3) is 0 Å². The van der Waals surface area contributed by atoms with Crippen molar-refractivity contribution < 1.29 is 13.9 Å². The van der Waals surface area contributed by atoms with Crippen LogP contribution in [0.4, 0.5) is 11.5 Å². The maximum atomic E-state index is 13.2. The second kappa shape index (κ2) is 13.0. The predicted octanol–water partition coefficient (Wildman–Crippen LogP) is 6.90. The Hall–Kier alpha value is -3.55. The van der Waals surface area contributed by atoms with E-state index in [1.165, 1.54) is 70.4 Å². The first-order valence-corrected chi connectivity index (χ1v) is 14.6. The highest BCUT2D eigenvalue weighted by atomic mass is 16.5. The monoisotopic (exact) mass is 532 g/mol. The van der Waals surface area contributed by atoms with Gasteiger partial charge < -0.3 is 18.8 Å². The van der Waals surface area contributed by atoms with Crippen molar-refractivity contribution in [3.63, 3.8) is 0 Å². The lowest BCUT2D eigenvalue weighted by molar-refractivity contribution is 0.338. The van der Waals surface area contributed by atoms with Gasteiger partial charge in [0.1, 0.15) is 28.5 Å². The fourth-order valence-electron chi connectivity index (χ4n) is 6.08. The molecule has 2 saturated carbocycles. The summed E-state index contributed by atoms with van der Waals surface area (Å²) >= 11 is 0. The molecule has 0 amide bonds. The van der Waals surface area contributed by atoms with Gasteiger partial charge in [-0.15, -0.1) is 0 Å². The highest BCUT2D eigenvalue weighted by Gasteiger charge is 2.29. The minimum atomic E-state index is -0.480. The number of nitrogens with one attached hydrogen (secondary N) is 1. The molecule has 5 rings (SSSR count). The molecule has 2 heterocycles. The molecule has 2 aliphatic rings. The molecule has 2 aliphatic carbocycles. The van der Waals surface area contributed by atoms with Crippen LogP contribution in [0.1, 0.15) is 83.6 Å². The van der Waals surface area contributed by atoms with E-state index in [9.17, 15) is 4.79 Å². The van der Waals surface area contributed by atoms with Crippen molar-refractivity contribution in [1.82, 2.24) is 4.98 Å². The fraction of sp³-hybridized carbons (Fsp3) is 0.516. The van der Waals surface area contributed by atoms with Crippen LogP contribution in [0.5, 0.6) is 11.5 Å². The van der Waals surface area contributed by atoms with E-state index in [0.29, 0.717) is 48.2 Å². The highest BCUT2D eigenvalue weighted by molar-refractivity contribution is 5.95. The number of benzene rings is 1. The van der Waals surface area contributed by atoms with Crippen LogP contribution < -0.4 is 25.4 Å². The van der Waals surface area contributed by atoms with Crippen molar-refractivity contribution in [1.29, 1.82) is 0 Å². The Labute approximate surface area is 230 Å². The van der Waals surface area contributed by atoms with Crippen LogP contribution in [0.15, 0.2) is 50.8 Å². The maximum absolute atomic E-state index is 13.2. The van der Waals surface area contributed by atoms with Crippen molar-refractivity contribution in [3.8, 4) is 11.5 Å². The summed E-state index contributed by atoms with van der Waals surface area (Å²) in [6.45, 7) is 4.81. The summed E-state index contributed by atoms with van der Waals surface area (Å²) in [6, 6.07) is 10.9. The van der Waals surface area contributed by atoms with Gasteiger partial charge in [-0.2, -0.15) is 5.10 Å². The van der Waals surface area contributed by atoms with Gasteiger partial charge in [0, 0.05) is 36.1 Å². The molecule has 3 aromatic rings. The van der Waals surface area contributed by atoms with Gasteiger partial charge in [0.05, 0.1) is 24.8 Å². The van der Waals surface area contributed by atoms with Gasteiger partial charge in [-0.05, 0) is 57.7 Å². The Bertz CT molecular complexity index is 1310. The van der Waals surface area contributed by atoms with E-state index in [2.05, 4.69) is 26.5 Å². The number of ether oxygens (including phenoxy) is 2. The largest absolute Gasteiger partial charge is 0.494 e. The van der Waals surface area contributed by atoms with Crippen molar-refractivity contribution in [2.75, 3.05) is 23.5 Å². The third kappa shape index (κ3) is 6.37. The van der Waals surface area contributed by atoms with Crippen LogP contribution in [0.2, 0.25) is 0 Å². The molecule has 0 saturated heterocycles. The summed E-state index contributed by atoms with van der Waals surface area (Å²) in [6.07, 6.45) is 15.8. The summed E-state index contributed by atoms with van der Waals surface area (Å²) < 4.78 is 17.4. The average molecular weight is 533 g/mol. The fourth-order valence-corrected chi connectivity index (χ4v) is 6.08. The van der Waals surface area contributed by atoms with Crippen molar-refractivity contribution in [3.05, 3.63) is 52.5 Å². The number of hydrogen-bond acceptors (Lipinski definition) is 8. The van der Waals surface area contributed by atoms with E-state index >= 15 is 0 Å². The zero-order valence-corrected chi connectivity index (χ0v) is 23.2.